The fraction of sp³-hybridized carbons (Fsp3) is 0.912. The standard InChI is InChI=1S/C34H60N2O3.BrH/c1-24(2)9-8-10-25(3)29-13-14-30-28-12-11-26-23-27(39-32(38)35-19-20-36(6,7)21-22-37)15-17-33(26,4)31(28)16-18-34(29,30)5;/h11,24-25,27-31,37H,8-10,12-23H2,1-7H3;1H/t25-,27+,28?,29?,30?,31?,33+,34-;/m1./s1. The Morgan fingerprint density at radius 1 is 1.07 bits per heavy atom. The minimum absolute atomic E-state index is 0. The van der Waals surface area contributed by atoms with Gasteiger partial charge in [-0.2, -0.15) is 0 Å². The molecule has 4 rings (SSSR count). The van der Waals surface area contributed by atoms with Crippen LogP contribution in [0.5, 0.6) is 0 Å². The average molecular weight is 626 g/mol. The molecule has 0 bridgehead atoms. The van der Waals surface area contributed by atoms with Crippen molar-refractivity contribution in [1.82, 2.24) is 5.32 Å². The number of halogens is 1. The van der Waals surface area contributed by atoms with Gasteiger partial charge in [-0.05, 0) is 91.3 Å². The molecule has 8 atom stereocenters. The monoisotopic (exact) mass is 624 g/mol. The third-order valence-corrected chi connectivity index (χ3v) is 12.2. The van der Waals surface area contributed by atoms with Gasteiger partial charge in [0.25, 0.3) is 0 Å². The molecule has 0 aromatic carbocycles. The number of hydrogen-bond acceptors (Lipinski definition) is 3. The Balaban J connectivity index is 0.00000441. The zero-order valence-corrected chi connectivity index (χ0v) is 28.4. The highest BCUT2D eigenvalue weighted by Crippen LogP contribution is 2.67. The van der Waals surface area contributed by atoms with Gasteiger partial charge in [0.1, 0.15) is 12.6 Å². The molecule has 4 aliphatic rings. The molecule has 1 amide bonds. The minimum atomic E-state index is -0.283. The van der Waals surface area contributed by atoms with Crippen molar-refractivity contribution in [3.8, 4) is 0 Å². The van der Waals surface area contributed by atoms with E-state index in [2.05, 4.69) is 60.1 Å². The Kier molecular flexibility index (Phi) is 11.7. The summed E-state index contributed by atoms with van der Waals surface area (Å²) in [6.45, 7) is 14.7. The van der Waals surface area contributed by atoms with Gasteiger partial charge >= 0.3 is 6.09 Å². The molecule has 0 heterocycles. The van der Waals surface area contributed by atoms with Gasteiger partial charge in [-0.25, -0.2) is 4.79 Å². The highest BCUT2D eigenvalue weighted by Gasteiger charge is 2.59. The van der Waals surface area contributed by atoms with Gasteiger partial charge < -0.3 is 36.6 Å². The molecule has 5 nitrogen and oxygen atoms in total. The van der Waals surface area contributed by atoms with Gasteiger partial charge in [-0.15, -0.1) is 0 Å². The van der Waals surface area contributed by atoms with Crippen LogP contribution >= 0.6 is 0 Å². The van der Waals surface area contributed by atoms with Crippen LogP contribution in [-0.2, 0) is 4.74 Å². The van der Waals surface area contributed by atoms with Gasteiger partial charge in [-0.1, -0.05) is 65.5 Å². The Morgan fingerprint density at radius 2 is 1.82 bits per heavy atom. The SMILES string of the molecule is CC(C)CCC[C@@H](C)C1CCC2C3CC=C4C[C@@H](OC(=O)NCC[N+](C)(C)CCO)CC[C@]4(C)C3CC[C@@]21C.[Br-]. The molecule has 40 heavy (non-hydrogen) atoms. The van der Waals surface area contributed by atoms with E-state index in [1.54, 1.807) is 5.57 Å². The molecular weight excluding hydrogens is 564 g/mol. The van der Waals surface area contributed by atoms with Crippen molar-refractivity contribution in [1.29, 1.82) is 0 Å². The Labute approximate surface area is 256 Å². The summed E-state index contributed by atoms with van der Waals surface area (Å²) in [6.07, 6.45) is 16.5. The maximum atomic E-state index is 12.6. The highest BCUT2D eigenvalue weighted by atomic mass is 79.9. The Bertz CT molecular complexity index is 875. The lowest BCUT2D eigenvalue weighted by Gasteiger charge is -2.58. The molecule has 4 aliphatic carbocycles. The van der Waals surface area contributed by atoms with Crippen LogP contribution in [-0.4, -0.2) is 62.1 Å². The number of amides is 1. The first-order chi connectivity index (χ1) is 18.4. The van der Waals surface area contributed by atoms with Crippen molar-refractivity contribution in [3.05, 3.63) is 11.6 Å². The summed E-state index contributed by atoms with van der Waals surface area (Å²) >= 11 is 0. The number of nitrogens with one attached hydrogen (secondary N) is 1. The number of hydrogen-bond donors (Lipinski definition) is 2. The summed E-state index contributed by atoms with van der Waals surface area (Å²) in [5.74, 6) is 5.12. The van der Waals surface area contributed by atoms with E-state index in [4.69, 9.17) is 4.74 Å². The lowest BCUT2D eigenvalue weighted by Crippen LogP contribution is -3.00. The van der Waals surface area contributed by atoms with E-state index >= 15 is 0 Å². The van der Waals surface area contributed by atoms with Crippen LogP contribution in [0.15, 0.2) is 11.6 Å². The largest absolute Gasteiger partial charge is 1.00 e. The molecule has 3 fully saturated rings. The topological polar surface area (TPSA) is 58.6 Å². The van der Waals surface area contributed by atoms with Gasteiger partial charge in [0.2, 0.25) is 0 Å². The van der Waals surface area contributed by atoms with Crippen LogP contribution in [0.4, 0.5) is 4.79 Å². The molecule has 0 aromatic rings. The number of allylic oxidation sites excluding steroid dienone is 1. The molecule has 232 valence electrons. The number of nitrogens with zero attached hydrogens (tertiary/aromatic N) is 1. The van der Waals surface area contributed by atoms with Crippen LogP contribution in [0.25, 0.3) is 0 Å². The van der Waals surface area contributed by atoms with Crippen LogP contribution < -0.4 is 22.3 Å². The lowest BCUT2D eigenvalue weighted by atomic mass is 9.47. The first-order valence-electron chi connectivity index (χ1n) is 16.5. The smallest absolute Gasteiger partial charge is 0.407 e. The van der Waals surface area contributed by atoms with Crippen LogP contribution in [0.2, 0.25) is 0 Å². The second-order valence-electron chi connectivity index (χ2n) is 15.6. The predicted octanol–water partition coefficient (Wildman–Crippen LogP) is 4.20. The minimum Gasteiger partial charge on any atom is -1.00 e. The maximum Gasteiger partial charge on any atom is 0.407 e. The van der Waals surface area contributed by atoms with E-state index in [-0.39, 0.29) is 41.2 Å². The van der Waals surface area contributed by atoms with Crippen molar-refractivity contribution in [2.45, 2.75) is 111 Å². The summed E-state index contributed by atoms with van der Waals surface area (Å²) < 4.78 is 6.61. The van der Waals surface area contributed by atoms with Gasteiger partial charge in [0, 0.05) is 6.42 Å². The number of alkyl carbamates (subject to hydrolysis) is 1. The maximum absolute atomic E-state index is 12.6. The third kappa shape index (κ3) is 7.30. The Morgan fingerprint density at radius 3 is 2.52 bits per heavy atom. The number of fused-ring (bicyclic) bond motifs is 5. The van der Waals surface area contributed by atoms with E-state index in [1.807, 2.05) is 0 Å². The summed E-state index contributed by atoms with van der Waals surface area (Å²) in [5.41, 5.74) is 2.39. The highest BCUT2D eigenvalue weighted by molar-refractivity contribution is 5.67. The second-order valence-corrected chi connectivity index (χ2v) is 15.6. The molecule has 0 spiro atoms. The third-order valence-electron chi connectivity index (χ3n) is 12.2. The fourth-order valence-corrected chi connectivity index (χ4v) is 9.79. The van der Waals surface area contributed by atoms with Gasteiger partial charge in [0.05, 0.1) is 33.8 Å². The number of likely N-dealkylation sites (N-methyl/N-ethyl adjacent to an activating group) is 1. The zero-order valence-electron chi connectivity index (χ0n) is 26.8. The van der Waals surface area contributed by atoms with Crippen molar-refractivity contribution >= 4 is 6.09 Å². The number of quaternary nitrogens is 1. The number of carbonyl (C=O) groups excluding carboxylic acids is 1. The van der Waals surface area contributed by atoms with Crippen LogP contribution in [0.3, 0.4) is 0 Å². The average Bonchev–Trinajstić information content (AvgIpc) is 3.21. The first-order valence-corrected chi connectivity index (χ1v) is 16.5. The van der Waals surface area contributed by atoms with Crippen LogP contribution in [0, 0.1) is 46.3 Å². The number of rotatable bonds is 11. The molecule has 0 radical (unpaired) electrons. The van der Waals surface area contributed by atoms with Gasteiger partial charge in [0.15, 0.2) is 0 Å². The molecular formula is C34H61BrN2O3. The quantitative estimate of drug-likeness (QED) is 0.268. The van der Waals surface area contributed by atoms with Crippen molar-refractivity contribution < 1.29 is 36.1 Å². The van der Waals surface area contributed by atoms with E-state index in [0.29, 0.717) is 23.0 Å². The second kappa shape index (κ2) is 13.8. The predicted molar refractivity (Wildman–Crippen MR) is 160 cm³/mol. The zero-order chi connectivity index (χ0) is 28.4. The van der Waals surface area contributed by atoms with Crippen molar-refractivity contribution in [3.63, 3.8) is 0 Å². The van der Waals surface area contributed by atoms with Crippen molar-refractivity contribution in [2.24, 2.45) is 46.3 Å². The van der Waals surface area contributed by atoms with E-state index in [9.17, 15) is 9.90 Å². The molecule has 0 aliphatic heterocycles. The summed E-state index contributed by atoms with van der Waals surface area (Å²) in [5, 5.41) is 12.2. The summed E-state index contributed by atoms with van der Waals surface area (Å²) in [7, 11) is 4.14. The van der Waals surface area contributed by atoms with Crippen LogP contribution in [0.1, 0.15) is 105 Å². The van der Waals surface area contributed by atoms with E-state index in [1.165, 1.54) is 51.4 Å². The van der Waals surface area contributed by atoms with E-state index in [0.717, 1.165) is 61.3 Å². The van der Waals surface area contributed by atoms with Crippen molar-refractivity contribution in [2.75, 3.05) is 40.3 Å². The van der Waals surface area contributed by atoms with E-state index < -0.39 is 0 Å². The molecule has 6 heteroatoms. The molecule has 0 saturated heterocycles. The first kappa shape index (κ1) is 33.9. The lowest BCUT2D eigenvalue weighted by molar-refractivity contribution is -0.889. The molecule has 0 aromatic heterocycles. The fourth-order valence-electron chi connectivity index (χ4n) is 9.79. The number of ether oxygens (including phenoxy) is 1. The molecule has 4 unspecified atom stereocenters. The molecule has 3 saturated carbocycles. The summed E-state index contributed by atoms with van der Waals surface area (Å²) in [4.78, 5) is 12.6. The Hall–Kier alpha value is -0.590. The van der Waals surface area contributed by atoms with Gasteiger partial charge in [-0.3, -0.25) is 0 Å². The normalized spacial score (nSPS) is 36.0. The molecule has 2 N–H and O–H groups in total. The number of carbonyl (C=O) groups is 1. The number of aliphatic hydroxyl groups excluding tert-OH is 1. The summed E-state index contributed by atoms with van der Waals surface area (Å²) in [6, 6.07) is 0. The number of aliphatic hydroxyl groups is 1.